The van der Waals surface area contributed by atoms with E-state index >= 15 is 0 Å². The molecule has 8 heteroatoms. The molecule has 0 bridgehead atoms. The molecule has 0 aromatic carbocycles. The smallest absolute Gasteiger partial charge is 0.230 e. The zero-order valence-corrected chi connectivity index (χ0v) is 16.9. The van der Waals surface area contributed by atoms with Crippen LogP contribution in [0.4, 0.5) is 16.8 Å². The van der Waals surface area contributed by atoms with Crippen LogP contribution in [0.2, 0.25) is 0 Å². The van der Waals surface area contributed by atoms with Crippen molar-refractivity contribution < 1.29 is 0 Å². The van der Waals surface area contributed by atoms with E-state index in [1.165, 1.54) is 43.6 Å². The third-order valence-corrected chi connectivity index (χ3v) is 5.90. The number of unbranched alkanes of at least 4 members (excludes halogenated alkanes) is 1. The largest absolute Gasteiger partial charge is 0.365 e. The Labute approximate surface area is 169 Å². The second-order valence-electron chi connectivity index (χ2n) is 7.34. The molecule has 3 aromatic heterocycles. The molecule has 0 atom stereocenters. The Morgan fingerprint density at radius 2 is 2.14 bits per heavy atom. The van der Waals surface area contributed by atoms with E-state index < -0.39 is 0 Å². The number of aromatic nitrogens is 4. The molecule has 3 aromatic rings. The Morgan fingerprint density at radius 1 is 1.29 bits per heavy atom. The lowest BCUT2D eigenvalue weighted by Crippen LogP contribution is -2.23. The number of nitrogens with one attached hydrogen (secondary N) is 2. The van der Waals surface area contributed by atoms with Crippen molar-refractivity contribution in [1.29, 1.82) is 5.26 Å². The molecule has 1 saturated carbocycles. The highest BCUT2D eigenvalue weighted by Crippen LogP contribution is 2.29. The molecule has 1 aliphatic carbocycles. The fourth-order valence-electron chi connectivity index (χ4n) is 3.75. The molecule has 0 spiro atoms. The predicted octanol–water partition coefficient (Wildman–Crippen LogP) is 4.99. The van der Waals surface area contributed by atoms with Gasteiger partial charge in [0, 0.05) is 25.2 Å². The maximum Gasteiger partial charge on any atom is 0.230 e. The van der Waals surface area contributed by atoms with Crippen molar-refractivity contribution in [3.8, 4) is 6.07 Å². The fraction of sp³-hybridized carbons (Fsp3) is 0.500. The van der Waals surface area contributed by atoms with E-state index in [0.717, 1.165) is 40.5 Å². The Kier molecular flexibility index (Phi) is 5.72. The van der Waals surface area contributed by atoms with Crippen molar-refractivity contribution >= 4 is 39.3 Å². The minimum absolute atomic E-state index is 0.452. The highest BCUT2D eigenvalue weighted by atomic mass is 32.1. The number of hydrogen-bond donors (Lipinski definition) is 2. The zero-order chi connectivity index (χ0) is 19.3. The van der Waals surface area contributed by atoms with Gasteiger partial charge in [-0.15, -0.1) is 0 Å². The van der Waals surface area contributed by atoms with E-state index in [1.807, 2.05) is 25.3 Å². The number of nitrogens with zero attached hydrogens (tertiary/aromatic N) is 5. The van der Waals surface area contributed by atoms with Crippen LogP contribution in [0.1, 0.15) is 50.6 Å². The first kappa shape index (κ1) is 18.7. The Hall–Kier alpha value is -2.66. The average molecular weight is 396 g/mol. The molecule has 0 saturated heterocycles. The molecule has 1 aliphatic rings. The Bertz CT molecular complexity index is 978. The summed E-state index contributed by atoms with van der Waals surface area (Å²) in [7, 11) is 0. The van der Waals surface area contributed by atoms with E-state index in [0.29, 0.717) is 18.4 Å². The summed E-state index contributed by atoms with van der Waals surface area (Å²) in [6.45, 7) is 2.77. The van der Waals surface area contributed by atoms with Crippen LogP contribution in [0.25, 0.3) is 11.0 Å². The second kappa shape index (κ2) is 8.57. The fourth-order valence-corrected chi connectivity index (χ4v) is 4.41. The molecule has 0 radical (unpaired) electrons. The summed E-state index contributed by atoms with van der Waals surface area (Å²) >= 11 is 1.41. The van der Waals surface area contributed by atoms with Crippen LogP contribution in [0, 0.1) is 18.3 Å². The van der Waals surface area contributed by atoms with Crippen molar-refractivity contribution in [3.63, 3.8) is 0 Å². The number of fused-ring (bicyclic) bond motifs is 1. The molecule has 2 N–H and O–H groups in total. The van der Waals surface area contributed by atoms with Gasteiger partial charge in [0.2, 0.25) is 5.95 Å². The summed E-state index contributed by atoms with van der Waals surface area (Å²) in [6, 6.07) is 6.70. The minimum Gasteiger partial charge on any atom is -0.365 e. The number of anilines is 3. The van der Waals surface area contributed by atoms with Crippen LogP contribution >= 0.6 is 11.5 Å². The second-order valence-corrected chi connectivity index (χ2v) is 8.14. The van der Waals surface area contributed by atoms with E-state index in [2.05, 4.69) is 25.6 Å². The summed E-state index contributed by atoms with van der Waals surface area (Å²) in [6.07, 6.45) is 9.62. The molecule has 28 heavy (non-hydrogen) atoms. The molecule has 0 amide bonds. The number of rotatable bonds is 7. The van der Waals surface area contributed by atoms with Gasteiger partial charge in [0.05, 0.1) is 17.3 Å². The molecule has 146 valence electrons. The highest BCUT2D eigenvalue weighted by molar-refractivity contribution is 7.10. The van der Waals surface area contributed by atoms with Gasteiger partial charge in [-0.05, 0) is 49.9 Å². The van der Waals surface area contributed by atoms with Crippen LogP contribution in [0.3, 0.4) is 0 Å². The van der Waals surface area contributed by atoms with Crippen LogP contribution in [0.15, 0.2) is 18.3 Å². The van der Waals surface area contributed by atoms with Crippen molar-refractivity contribution in [2.75, 3.05) is 10.6 Å². The summed E-state index contributed by atoms with van der Waals surface area (Å²) < 4.78 is 6.48. The van der Waals surface area contributed by atoms with E-state index in [9.17, 15) is 0 Å². The van der Waals surface area contributed by atoms with Gasteiger partial charge in [0.1, 0.15) is 10.5 Å². The van der Waals surface area contributed by atoms with Gasteiger partial charge in [-0.1, -0.05) is 19.3 Å². The van der Waals surface area contributed by atoms with Gasteiger partial charge in [-0.3, -0.25) is 0 Å². The van der Waals surface area contributed by atoms with E-state index in [1.54, 1.807) is 0 Å². The van der Waals surface area contributed by atoms with Gasteiger partial charge >= 0.3 is 0 Å². The Balaban J connectivity index is 1.66. The molecular formula is C20H25N7S. The van der Waals surface area contributed by atoms with Gasteiger partial charge in [-0.2, -0.15) is 14.6 Å². The SMILES string of the molecule is Cc1cc(Nc2nc(NC3CCCCC3)c3c(ccn3CCCC#N)n2)sn1. The van der Waals surface area contributed by atoms with E-state index in [4.69, 9.17) is 15.2 Å². The lowest BCUT2D eigenvalue weighted by atomic mass is 9.95. The van der Waals surface area contributed by atoms with Crippen LogP contribution in [-0.2, 0) is 6.54 Å². The molecule has 3 heterocycles. The monoisotopic (exact) mass is 395 g/mol. The zero-order valence-electron chi connectivity index (χ0n) is 16.1. The quantitative estimate of drug-likeness (QED) is 0.548. The van der Waals surface area contributed by atoms with Gasteiger partial charge in [0.15, 0.2) is 5.82 Å². The topological polar surface area (TPSA) is 91.5 Å². The van der Waals surface area contributed by atoms with Crippen molar-refractivity contribution in [2.45, 2.75) is 64.5 Å². The van der Waals surface area contributed by atoms with Gasteiger partial charge < -0.3 is 15.2 Å². The lowest BCUT2D eigenvalue weighted by Gasteiger charge is -2.24. The Morgan fingerprint density at radius 3 is 2.89 bits per heavy atom. The number of aryl methyl sites for hydroxylation is 2. The summed E-state index contributed by atoms with van der Waals surface area (Å²) in [4.78, 5) is 9.53. The minimum atomic E-state index is 0.452. The summed E-state index contributed by atoms with van der Waals surface area (Å²) in [5.74, 6) is 1.46. The molecule has 0 unspecified atom stereocenters. The number of hydrogen-bond acceptors (Lipinski definition) is 7. The first-order valence-electron chi connectivity index (χ1n) is 9.93. The first-order chi connectivity index (χ1) is 13.7. The summed E-state index contributed by atoms with van der Waals surface area (Å²) in [5, 5.41) is 16.8. The summed E-state index contributed by atoms with van der Waals surface area (Å²) in [5.41, 5.74) is 2.92. The van der Waals surface area contributed by atoms with E-state index in [-0.39, 0.29) is 0 Å². The molecule has 7 nitrogen and oxygen atoms in total. The van der Waals surface area contributed by atoms with Crippen LogP contribution in [-0.4, -0.2) is 25.0 Å². The van der Waals surface area contributed by atoms with Crippen molar-refractivity contribution in [1.82, 2.24) is 18.9 Å². The number of nitriles is 1. The molecule has 4 rings (SSSR count). The third-order valence-electron chi connectivity index (χ3n) is 5.11. The maximum atomic E-state index is 8.85. The van der Waals surface area contributed by atoms with Gasteiger partial charge in [0.25, 0.3) is 0 Å². The van der Waals surface area contributed by atoms with Crippen LogP contribution < -0.4 is 10.6 Å². The van der Waals surface area contributed by atoms with Gasteiger partial charge in [-0.25, -0.2) is 4.98 Å². The normalized spacial score (nSPS) is 14.9. The predicted molar refractivity (Wildman–Crippen MR) is 113 cm³/mol. The van der Waals surface area contributed by atoms with Crippen LogP contribution in [0.5, 0.6) is 0 Å². The highest BCUT2D eigenvalue weighted by Gasteiger charge is 2.18. The molecule has 0 aliphatic heterocycles. The molecular weight excluding hydrogens is 370 g/mol. The molecule has 1 fully saturated rings. The first-order valence-corrected chi connectivity index (χ1v) is 10.7. The van der Waals surface area contributed by atoms with Crippen molar-refractivity contribution in [2.24, 2.45) is 0 Å². The lowest BCUT2D eigenvalue weighted by molar-refractivity contribution is 0.462. The average Bonchev–Trinajstić information content (AvgIpc) is 3.29. The maximum absolute atomic E-state index is 8.85. The van der Waals surface area contributed by atoms with Crippen molar-refractivity contribution in [3.05, 3.63) is 24.0 Å². The third kappa shape index (κ3) is 4.25. The standard InChI is InChI=1S/C20H25N7S/c1-14-13-17(28-26-14)24-20-23-16-9-12-27(11-6-5-10-21)18(16)19(25-20)22-15-7-3-2-4-8-15/h9,12-13,15H,2-8,11H2,1H3,(H2,22,23,24,25).